The Hall–Kier alpha value is -1.05. The zero-order valence-electron chi connectivity index (χ0n) is 8.28. The Bertz CT molecular complexity index is 386. The average molecular weight is 276 g/mol. The van der Waals surface area contributed by atoms with Crippen LogP contribution in [0.15, 0.2) is 18.2 Å². The van der Waals surface area contributed by atoms with E-state index in [1.807, 2.05) is 0 Å². The molecule has 0 unspecified atom stereocenters. The van der Waals surface area contributed by atoms with E-state index in [2.05, 4.69) is 0 Å². The largest absolute Gasteiger partial charge is 0.508 e. The Morgan fingerprint density at radius 3 is 2.18 bits per heavy atom. The molecule has 1 aromatic carbocycles. The van der Waals surface area contributed by atoms with Crippen LogP contribution in [-0.2, 0) is 0 Å². The van der Waals surface area contributed by atoms with Gasteiger partial charge in [-0.05, 0) is 6.07 Å². The van der Waals surface area contributed by atoms with Gasteiger partial charge in [-0.2, -0.15) is 13.2 Å². The summed E-state index contributed by atoms with van der Waals surface area (Å²) in [6.07, 6.45) is -7.78. The van der Waals surface area contributed by atoms with E-state index < -0.39 is 35.5 Å². The minimum Gasteiger partial charge on any atom is -0.508 e. The van der Waals surface area contributed by atoms with E-state index in [1.165, 1.54) is 0 Å². The molecule has 0 spiro atoms. The van der Waals surface area contributed by atoms with Crippen molar-refractivity contribution in [2.24, 2.45) is 5.73 Å². The predicted molar refractivity (Wildman–Crippen MR) is 54.3 cm³/mol. The molecule has 1 rings (SSSR count). The second-order valence-corrected chi connectivity index (χ2v) is 3.22. The number of aliphatic hydroxyl groups excluding tert-OH is 1. The molecule has 0 fully saturated rings. The van der Waals surface area contributed by atoms with Gasteiger partial charge in [0.05, 0.1) is 6.04 Å². The Morgan fingerprint density at radius 1 is 1.24 bits per heavy atom. The molecule has 0 aromatic heterocycles. The number of aliphatic hydroxyl groups is 1. The maximum Gasteiger partial charge on any atom is 0.416 e. The van der Waals surface area contributed by atoms with E-state index in [0.29, 0.717) is 6.07 Å². The lowest BCUT2D eigenvalue weighted by Crippen LogP contribution is -2.39. The maximum absolute atomic E-state index is 13.1. The van der Waals surface area contributed by atoms with Gasteiger partial charge in [-0.3, -0.25) is 0 Å². The Labute approximate surface area is 100 Å². The number of hydrogen-bond donors (Lipinski definition) is 3. The van der Waals surface area contributed by atoms with E-state index in [0.717, 1.165) is 12.1 Å². The van der Waals surface area contributed by atoms with Crippen LogP contribution < -0.4 is 5.73 Å². The van der Waals surface area contributed by atoms with Crippen LogP contribution >= 0.6 is 12.4 Å². The minimum atomic E-state index is -4.93. The van der Waals surface area contributed by atoms with Crippen molar-refractivity contribution in [2.45, 2.75) is 18.3 Å². The number of phenolic OH excluding ortho intramolecular Hbond substituents is 1. The van der Waals surface area contributed by atoms with Gasteiger partial charge in [0, 0.05) is 11.6 Å². The van der Waals surface area contributed by atoms with Crippen molar-refractivity contribution >= 4 is 12.4 Å². The Morgan fingerprint density at radius 2 is 1.76 bits per heavy atom. The van der Waals surface area contributed by atoms with Gasteiger partial charge < -0.3 is 15.9 Å². The lowest BCUT2D eigenvalue weighted by Gasteiger charge is -2.21. The summed E-state index contributed by atoms with van der Waals surface area (Å²) in [4.78, 5) is 0. The highest BCUT2D eigenvalue weighted by atomic mass is 35.5. The fraction of sp³-hybridized carbons (Fsp3) is 0.333. The fourth-order valence-corrected chi connectivity index (χ4v) is 1.16. The number of nitrogens with two attached hydrogens (primary N) is 1. The second kappa shape index (κ2) is 5.52. The van der Waals surface area contributed by atoms with Crippen molar-refractivity contribution in [1.29, 1.82) is 0 Å². The molecule has 2 atom stereocenters. The van der Waals surface area contributed by atoms with Crippen LogP contribution in [0.2, 0.25) is 0 Å². The summed E-state index contributed by atoms with van der Waals surface area (Å²) < 4.78 is 49.4. The standard InChI is InChI=1S/C9H9F4NO2.ClH/c10-6-3-4(15)1-2-5(6)7(14)8(16)9(11,12)13;/h1-3,7-8,15-16H,14H2;1H/t7-,8-;/m1./s1. The quantitative estimate of drug-likeness (QED) is 0.722. The fourth-order valence-electron chi connectivity index (χ4n) is 1.16. The molecule has 0 saturated carbocycles. The third kappa shape index (κ3) is 3.72. The molecule has 0 aliphatic heterocycles. The minimum absolute atomic E-state index is 0. The monoisotopic (exact) mass is 275 g/mol. The number of benzene rings is 1. The van der Waals surface area contributed by atoms with Crippen molar-refractivity contribution in [3.63, 3.8) is 0 Å². The summed E-state index contributed by atoms with van der Waals surface area (Å²) in [6.45, 7) is 0. The van der Waals surface area contributed by atoms with Gasteiger partial charge in [0.2, 0.25) is 0 Å². The summed E-state index contributed by atoms with van der Waals surface area (Å²) in [5.41, 5.74) is 4.57. The SMILES string of the molecule is Cl.N[C@H](c1ccc(O)cc1F)[C@@H](O)C(F)(F)F. The molecule has 0 amide bonds. The third-order valence-corrected chi connectivity index (χ3v) is 2.02. The van der Waals surface area contributed by atoms with Crippen LogP contribution in [0.1, 0.15) is 11.6 Å². The van der Waals surface area contributed by atoms with Gasteiger partial charge in [-0.15, -0.1) is 12.4 Å². The number of rotatable bonds is 2. The zero-order valence-corrected chi connectivity index (χ0v) is 9.10. The summed E-state index contributed by atoms with van der Waals surface area (Å²) in [7, 11) is 0. The molecule has 4 N–H and O–H groups in total. The van der Waals surface area contributed by atoms with Crippen molar-refractivity contribution in [2.75, 3.05) is 0 Å². The van der Waals surface area contributed by atoms with Gasteiger partial charge in [-0.1, -0.05) is 6.07 Å². The molecule has 0 radical (unpaired) electrons. The molecule has 8 heteroatoms. The molecule has 0 aliphatic carbocycles. The molecule has 0 aliphatic rings. The van der Waals surface area contributed by atoms with E-state index in [1.54, 1.807) is 0 Å². The lowest BCUT2D eigenvalue weighted by atomic mass is 10.0. The number of alkyl halides is 3. The number of phenols is 1. The first-order valence-electron chi connectivity index (χ1n) is 4.22. The highest BCUT2D eigenvalue weighted by Gasteiger charge is 2.43. The normalized spacial score (nSPS) is 14.9. The van der Waals surface area contributed by atoms with Gasteiger partial charge in [0.25, 0.3) is 0 Å². The zero-order chi connectivity index (χ0) is 12.5. The molecule has 17 heavy (non-hydrogen) atoms. The van der Waals surface area contributed by atoms with Crippen molar-refractivity contribution in [3.8, 4) is 5.75 Å². The molecule has 0 heterocycles. The number of aromatic hydroxyl groups is 1. The van der Waals surface area contributed by atoms with Crippen molar-refractivity contribution < 1.29 is 27.8 Å². The van der Waals surface area contributed by atoms with Gasteiger partial charge >= 0.3 is 6.18 Å². The second-order valence-electron chi connectivity index (χ2n) is 3.22. The molecule has 1 aromatic rings. The highest BCUT2D eigenvalue weighted by Crippen LogP contribution is 2.30. The molecule has 0 saturated heterocycles. The maximum atomic E-state index is 13.1. The molecule has 0 bridgehead atoms. The lowest BCUT2D eigenvalue weighted by molar-refractivity contribution is -0.210. The predicted octanol–water partition coefficient (Wildman–Crippen LogP) is 1.88. The van der Waals surface area contributed by atoms with E-state index in [4.69, 9.17) is 15.9 Å². The summed E-state index contributed by atoms with van der Waals surface area (Å²) in [5, 5.41) is 17.7. The van der Waals surface area contributed by atoms with Gasteiger partial charge in [0.15, 0.2) is 6.10 Å². The first kappa shape index (κ1) is 16.0. The molecular formula is C9H10ClF4NO2. The van der Waals surface area contributed by atoms with Gasteiger partial charge in [0.1, 0.15) is 11.6 Å². The van der Waals surface area contributed by atoms with Crippen LogP contribution in [-0.4, -0.2) is 22.5 Å². The van der Waals surface area contributed by atoms with Crippen LogP contribution in [0.5, 0.6) is 5.75 Å². The molecular weight excluding hydrogens is 266 g/mol. The van der Waals surface area contributed by atoms with E-state index in [-0.39, 0.29) is 12.4 Å². The smallest absolute Gasteiger partial charge is 0.416 e. The summed E-state index contributed by atoms with van der Waals surface area (Å²) in [6, 6.07) is 0.574. The first-order valence-corrected chi connectivity index (χ1v) is 4.22. The van der Waals surface area contributed by atoms with Crippen LogP contribution in [0.3, 0.4) is 0 Å². The summed E-state index contributed by atoms with van der Waals surface area (Å²) in [5.74, 6) is -1.54. The average Bonchev–Trinajstić information content (AvgIpc) is 2.14. The van der Waals surface area contributed by atoms with Crippen LogP contribution in [0, 0.1) is 5.82 Å². The molecule has 98 valence electrons. The van der Waals surface area contributed by atoms with E-state index in [9.17, 15) is 17.6 Å². The van der Waals surface area contributed by atoms with Crippen LogP contribution in [0.25, 0.3) is 0 Å². The topological polar surface area (TPSA) is 66.5 Å². The third-order valence-electron chi connectivity index (χ3n) is 2.02. The Kier molecular flexibility index (Phi) is 5.18. The molecule has 3 nitrogen and oxygen atoms in total. The number of halogens is 5. The van der Waals surface area contributed by atoms with Gasteiger partial charge in [-0.25, -0.2) is 4.39 Å². The first-order chi connectivity index (χ1) is 7.23. The van der Waals surface area contributed by atoms with E-state index >= 15 is 0 Å². The van der Waals surface area contributed by atoms with Crippen LogP contribution in [0.4, 0.5) is 17.6 Å². The van der Waals surface area contributed by atoms with Crippen molar-refractivity contribution in [1.82, 2.24) is 0 Å². The van der Waals surface area contributed by atoms with Crippen molar-refractivity contribution in [3.05, 3.63) is 29.6 Å². The highest BCUT2D eigenvalue weighted by molar-refractivity contribution is 5.85. The summed E-state index contributed by atoms with van der Waals surface area (Å²) >= 11 is 0. The Balaban J connectivity index is 0.00000256. The number of hydrogen-bond acceptors (Lipinski definition) is 3.